The molecule has 3 aromatic rings. The van der Waals surface area contributed by atoms with Crippen LogP contribution < -0.4 is 16.4 Å². The maximum atomic E-state index is 13.0. The molecule has 5 N–H and O–H groups in total. The first-order chi connectivity index (χ1) is 13.9. The molecular weight excluding hydrogens is 376 g/mol. The minimum atomic E-state index is -1.11. The number of para-hydroxylation sites is 1. The number of aliphatic hydroxyl groups excluding tert-OH is 1. The van der Waals surface area contributed by atoms with Gasteiger partial charge in [0.25, 0.3) is 11.8 Å². The average Bonchev–Trinajstić information content (AvgIpc) is 3.41. The fourth-order valence-corrected chi connectivity index (χ4v) is 3.70. The number of hydrogen-bond donors (Lipinski definition) is 5. The second kappa shape index (κ2) is 7.25. The van der Waals surface area contributed by atoms with E-state index in [4.69, 9.17) is 4.42 Å². The van der Waals surface area contributed by atoms with Crippen molar-refractivity contribution in [3.05, 3.63) is 57.5 Å². The zero-order valence-electron chi connectivity index (χ0n) is 15.9. The molecule has 1 aliphatic carbocycles. The van der Waals surface area contributed by atoms with Crippen molar-refractivity contribution in [2.45, 2.75) is 31.7 Å². The molecule has 1 unspecified atom stereocenters. The number of carbonyl (C=O) groups is 2. The Morgan fingerprint density at radius 2 is 2.10 bits per heavy atom. The molecule has 1 aliphatic rings. The van der Waals surface area contributed by atoms with Crippen molar-refractivity contribution in [1.29, 1.82) is 0 Å². The largest absolute Gasteiger partial charge is 0.416 e. The van der Waals surface area contributed by atoms with Gasteiger partial charge in [0.1, 0.15) is 0 Å². The smallest absolute Gasteiger partial charge is 0.403 e. The van der Waals surface area contributed by atoms with Crippen molar-refractivity contribution in [1.82, 2.24) is 20.6 Å². The van der Waals surface area contributed by atoms with Crippen LogP contribution in [0.5, 0.6) is 0 Å². The highest BCUT2D eigenvalue weighted by Crippen LogP contribution is 2.31. The molecule has 0 spiro atoms. The Kier molecular flexibility index (Phi) is 4.75. The quantitative estimate of drug-likeness (QED) is 0.419. The molecule has 2 heterocycles. The van der Waals surface area contributed by atoms with Gasteiger partial charge in [-0.2, -0.15) is 0 Å². The molecule has 2 aromatic heterocycles. The normalized spacial score (nSPS) is 15.1. The summed E-state index contributed by atoms with van der Waals surface area (Å²) < 4.78 is 4.70. The average molecular weight is 398 g/mol. The summed E-state index contributed by atoms with van der Waals surface area (Å²) in [6.07, 6.45) is 4.23. The number of hydrogen-bond acceptors (Lipinski definition) is 5. The van der Waals surface area contributed by atoms with Crippen LogP contribution in [0.25, 0.3) is 10.9 Å². The summed E-state index contributed by atoms with van der Waals surface area (Å²) in [6, 6.07) is 5.58. The van der Waals surface area contributed by atoms with E-state index in [0.717, 1.165) is 36.4 Å². The molecule has 9 heteroatoms. The monoisotopic (exact) mass is 398 g/mol. The summed E-state index contributed by atoms with van der Waals surface area (Å²) in [4.78, 5) is 41.6. The zero-order chi connectivity index (χ0) is 20.6. The molecule has 1 atom stereocenters. The highest BCUT2D eigenvalue weighted by molar-refractivity contribution is 6.07. The summed E-state index contributed by atoms with van der Waals surface area (Å²) in [5.41, 5.74) is 2.60. The third-order valence-corrected chi connectivity index (χ3v) is 5.28. The van der Waals surface area contributed by atoms with Gasteiger partial charge in [0.15, 0.2) is 0 Å². The number of fused-ring (bicyclic) bond motifs is 3. The molecule has 0 saturated heterocycles. The highest BCUT2D eigenvalue weighted by Gasteiger charge is 2.29. The molecule has 9 nitrogen and oxygen atoms in total. The lowest BCUT2D eigenvalue weighted by Crippen LogP contribution is -2.56. The van der Waals surface area contributed by atoms with Crippen molar-refractivity contribution in [2.24, 2.45) is 0 Å². The van der Waals surface area contributed by atoms with Crippen LogP contribution in [0.1, 0.15) is 45.5 Å². The molecule has 4 rings (SSSR count). The van der Waals surface area contributed by atoms with Gasteiger partial charge in [0.2, 0.25) is 5.76 Å². The van der Waals surface area contributed by atoms with E-state index in [9.17, 15) is 19.5 Å². The van der Waals surface area contributed by atoms with E-state index >= 15 is 0 Å². The van der Waals surface area contributed by atoms with Crippen LogP contribution in [-0.2, 0) is 12.8 Å². The van der Waals surface area contributed by atoms with Gasteiger partial charge in [-0.05, 0) is 37.8 Å². The third kappa shape index (κ3) is 3.56. The summed E-state index contributed by atoms with van der Waals surface area (Å²) in [5.74, 6) is -1.89. The molecule has 0 aliphatic heterocycles. The molecule has 0 saturated carbocycles. The number of amides is 2. The summed E-state index contributed by atoms with van der Waals surface area (Å²) in [5, 5.41) is 16.2. The highest BCUT2D eigenvalue weighted by atomic mass is 16.4. The van der Waals surface area contributed by atoms with Crippen LogP contribution >= 0.6 is 0 Å². The van der Waals surface area contributed by atoms with Gasteiger partial charge in [0.05, 0.1) is 29.4 Å². The number of nitrogens with one attached hydrogen (secondary N) is 4. The number of H-pyrrole nitrogens is 2. The summed E-state index contributed by atoms with van der Waals surface area (Å²) >= 11 is 0. The van der Waals surface area contributed by atoms with Crippen molar-refractivity contribution in [3.63, 3.8) is 0 Å². The summed E-state index contributed by atoms with van der Waals surface area (Å²) in [7, 11) is 0. The Hall–Kier alpha value is -3.33. The van der Waals surface area contributed by atoms with Crippen molar-refractivity contribution in [2.75, 3.05) is 13.2 Å². The van der Waals surface area contributed by atoms with Gasteiger partial charge in [-0.3, -0.25) is 14.6 Å². The molecule has 2 amide bonds. The van der Waals surface area contributed by atoms with Gasteiger partial charge in [0, 0.05) is 17.6 Å². The van der Waals surface area contributed by atoms with Gasteiger partial charge in [-0.25, -0.2) is 4.79 Å². The summed E-state index contributed by atoms with van der Waals surface area (Å²) in [6.45, 7) is 1.17. The van der Waals surface area contributed by atoms with Crippen LogP contribution in [0, 0.1) is 0 Å². The van der Waals surface area contributed by atoms with Crippen LogP contribution in [0.3, 0.4) is 0 Å². The lowest BCUT2D eigenvalue weighted by molar-refractivity contribution is 0.0809. The molecule has 0 bridgehead atoms. The Bertz CT molecular complexity index is 1140. The molecule has 152 valence electrons. The third-order valence-electron chi connectivity index (χ3n) is 5.28. The van der Waals surface area contributed by atoms with E-state index in [1.165, 1.54) is 11.3 Å². The zero-order valence-corrected chi connectivity index (χ0v) is 15.9. The number of aromatic nitrogens is 2. The van der Waals surface area contributed by atoms with E-state index in [0.29, 0.717) is 5.56 Å². The number of aromatic amines is 2. The standard InChI is InChI=1S/C20H22N4O5/c1-20(10-25,9-22-18(27)15-8-21-19(28)29-15)24-17(26)13-6-2-5-12-11-4-3-7-14(11)23-16(12)13/h2,5-6,8,23,25H,3-4,7,9-10H2,1H3,(H,21,28)(H,22,27)(H,24,26). The molecule has 29 heavy (non-hydrogen) atoms. The maximum absolute atomic E-state index is 13.0. The lowest BCUT2D eigenvalue weighted by atomic mass is 10.0. The molecule has 1 aromatic carbocycles. The second-order valence-electron chi connectivity index (χ2n) is 7.56. The van der Waals surface area contributed by atoms with E-state index in [1.807, 2.05) is 12.1 Å². The maximum Gasteiger partial charge on any atom is 0.416 e. The number of aryl methyl sites for hydroxylation is 2. The molecule has 0 fully saturated rings. The Morgan fingerprint density at radius 3 is 2.83 bits per heavy atom. The Morgan fingerprint density at radius 1 is 1.28 bits per heavy atom. The fourth-order valence-electron chi connectivity index (χ4n) is 3.70. The minimum absolute atomic E-state index is 0.0554. The molecular formula is C20H22N4O5. The topological polar surface area (TPSA) is 140 Å². The van der Waals surface area contributed by atoms with Gasteiger partial charge >= 0.3 is 5.76 Å². The van der Waals surface area contributed by atoms with E-state index in [-0.39, 0.29) is 18.2 Å². The predicted molar refractivity (Wildman–Crippen MR) is 105 cm³/mol. The number of carbonyl (C=O) groups excluding carboxylic acids is 2. The van der Waals surface area contributed by atoms with Crippen molar-refractivity contribution in [3.8, 4) is 0 Å². The van der Waals surface area contributed by atoms with Gasteiger partial charge < -0.3 is 25.1 Å². The first-order valence-corrected chi connectivity index (χ1v) is 9.43. The van der Waals surface area contributed by atoms with E-state index in [2.05, 4.69) is 20.6 Å². The van der Waals surface area contributed by atoms with Crippen LogP contribution in [0.2, 0.25) is 0 Å². The van der Waals surface area contributed by atoms with Crippen LogP contribution in [0.15, 0.2) is 33.6 Å². The van der Waals surface area contributed by atoms with E-state index in [1.54, 1.807) is 13.0 Å². The minimum Gasteiger partial charge on any atom is -0.403 e. The Balaban J connectivity index is 1.50. The van der Waals surface area contributed by atoms with Crippen molar-refractivity contribution >= 4 is 22.7 Å². The lowest BCUT2D eigenvalue weighted by Gasteiger charge is -2.29. The van der Waals surface area contributed by atoms with Crippen molar-refractivity contribution < 1.29 is 19.1 Å². The Labute approximate surface area is 165 Å². The first kappa shape index (κ1) is 19.0. The van der Waals surface area contributed by atoms with Gasteiger partial charge in [-0.15, -0.1) is 0 Å². The van der Waals surface area contributed by atoms with Crippen LogP contribution in [0.4, 0.5) is 0 Å². The fraction of sp³-hybridized carbons (Fsp3) is 0.350. The number of benzene rings is 1. The SMILES string of the molecule is CC(CO)(CNC(=O)c1c[nH]c(=O)o1)NC(=O)c1cccc2c3c([nH]c12)CCC3. The van der Waals surface area contributed by atoms with Crippen LogP contribution in [-0.4, -0.2) is 45.6 Å². The number of rotatable bonds is 6. The van der Waals surface area contributed by atoms with Gasteiger partial charge in [-0.1, -0.05) is 12.1 Å². The second-order valence-corrected chi connectivity index (χ2v) is 7.56. The first-order valence-electron chi connectivity index (χ1n) is 9.43. The van der Waals surface area contributed by atoms with E-state index < -0.39 is 23.8 Å². The molecule has 0 radical (unpaired) electrons. The number of aliphatic hydroxyl groups is 1. The number of oxazole rings is 1. The predicted octanol–water partition coefficient (Wildman–Crippen LogP) is 0.849.